The van der Waals surface area contributed by atoms with Crippen LogP contribution in [0.3, 0.4) is 0 Å². The minimum absolute atomic E-state index is 0.201. The number of thiocarbonyl (C=S) groups is 1. The molecule has 1 aromatic rings. The largest absolute Gasteiger partial charge is 0.389 e. The molecule has 0 spiro atoms. The van der Waals surface area contributed by atoms with E-state index in [1.165, 1.54) is 12.1 Å². The third-order valence-electron chi connectivity index (χ3n) is 2.69. The van der Waals surface area contributed by atoms with Gasteiger partial charge in [0.05, 0.1) is 6.61 Å². The molecule has 1 aromatic carbocycles. The summed E-state index contributed by atoms with van der Waals surface area (Å²) >= 11 is 4.98. The first-order valence-corrected chi connectivity index (χ1v) is 6.23. The number of hydrogen-bond donors (Lipinski definition) is 1. The molecule has 2 N–H and O–H groups in total. The Morgan fingerprint density at radius 1 is 1.50 bits per heavy atom. The third-order valence-corrected chi connectivity index (χ3v) is 2.91. The van der Waals surface area contributed by atoms with Gasteiger partial charge in [-0.2, -0.15) is 0 Å². The van der Waals surface area contributed by atoms with Crippen molar-refractivity contribution in [2.75, 3.05) is 25.2 Å². The van der Waals surface area contributed by atoms with Gasteiger partial charge in [-0.15, -0.1) is 0 Å². The van der Waals surface area contributed by atoms with Crippen LogP contribution in [-0.2, 0) is 4.74 Å². The molecule has 0 saturated carbocycles. The zero-order chi connectivity index (χ0) is 13.7. The summed E-state index contributed by atoms with van der Waals surface area (Å²) in [5.41, 5.74) is 7.07. The van der Waals surface area contributed by atoms with Crippen molar-refractivity contribution in [3.8, 4) is 0 Å². The van der Waals surface area contributed by atoms with Gasteiger partial charge in [-0.05, 0) is 32.0 Å². The van der Waals surface area contributed by atoms with Crippen LogP contribution < -0.4 is 10.6 Å². The predicted octanol–water partition coefficient (Wildman–Crippen LogP) is 2.32. The highest BCUT2D eigenvalue weighted by atomic mass is 32.1. The van der Waals surface area contributed by atoms with Gasteiger partial charge in [-0.3, -0.25) is 0 Å². The SMILES string of the molecule is COCCN(c1ccc(F)cc1C(N)=S)C(C)C. The Kier molecular flexibility index (Phi) is 5.50. The lowest BCUT2D eigenvalue weighted by atomic mass is 10.1. The number of anilines is 1. The summed E-state index contributed by atoms with van der Waals surface area (Å²) in [5.74, 6) is -0.336. The van der Waals surface area contributed by atoms with Crippen molar-refractivity contribution in [2.24, 2.45) is 5.73 Å². The fraction of sp³-hybridized carbons (Fsp3) is 0.462. The van der Waals surface area contributed by atoms with E-state index >= 15 is 0 Å². The molecule has 0 heterocycles. The van der Waals surface area contributed by atoms with E-state index in [1.54, 1.807) is 13.2 Å². The maximum absolute atomic E-state index is 13.3. The smallest absolute Gasteiger partial charge is 0.124 e. The van der Waals surface area contributed by atoms with Crippen molar-refractivity contribution in [2.45, 2.75) is 19.9 Å². The molecule has 0 aliphatic carbocycles. The van der Waals surface area contributed by atoms with E-state index in [0.717, 1.165) is 5.69 Å². The van der Waals surface area contributed by atoms with Crippen LogP contribution in [0.25, 0.3) is 0 Å². The molecule has 18 heavy (non-hydrogen) atoms. The Morgan fingerprint density at radius 3 is 2.67 bits per heavy atom. The van der Waals surface area contributed by atoms with Gasteiger partial charge in [0.2, 0.25) is 0 Å². The molecule has 0 aromatic heterocycles. The topological polar surface area (TPSA) is 38.5 Å². The molecule has 5 heteroatoms. The van der Waals surface area contributed by atoms with Gasteiger partial charge in [0, 0.05) is 30.9 Å². The summed E-state index contributed by atoms with van der Waals surface area (Å²) in [4.78, 5) is 2.30. The Bertz CT molecular complexity index is 423. The lowest BCUT2D eigenvalue weighted by Gasteiger charge is -2.30. The number of methoxy groups -OCH3 is 1. The first-order chi connectivity index (χ1) is 8.47. The maximum Gasteiger partial charge on any atom is 0.124 e. The van der Waals surface area contributed by atoms with Gasteiger partial charge in [0.15, 0.2) is 0 Å². The third kappa shape index (κ3) is 3.65. The molecule has 100 valence electrons. The minimum atomic E-state index is -0.336. The number of rotatable bonds is 6. The van der Waals surface area contributed by atoms with Gasteiger partial charge >= 0.3 is 0 Å². The van der Waals surface area contributed by atoms with Crippen LogP contribution in [0.15, 0.2) is 18.2 Å². The second-order valence-corrected chi connectivity index (χ2v) is 4.75. The quantitative estimate of drug-likeness (QED) is 0.805. The van der Waals surface area contributed by atoms with Gasteiger partial charge in [0.25, 0.3) is 0 Å². The molecule has 0 radical (unpaired) electrons. The molecule has 3 nitrogen and oxygen atoms in total. The average molecular weight is 270 g/mol. The number of benzene rings is 1. The molecular formula is C13H19FN2OS. The monoisotopic (exact) mass is 270 g/mol. The van der Waals surface area contributed by atoms with Crippen LogP contribution in [0.4, 0.5) is 10.1 Å². The maximum atomic E-state index is 13.3. The van der Waals surface area contributed by atoms with Crippen molar-refractivity contribution < 1.29 is 9.13 Å². The second kappa shape index (κ2) is 6.66. The van der Waals surface area contributed by atoms with E-state index in [2.05, 4.69) is 18.7 Å². The Morgan fingerprint density at radius 2 is 2.17 bits per heavy atom. The molecule has 0 saturated heterocycles. The molecule has 1 rings (SSSR count). The van der Waals surface area contributed by atoms with Crippen LogP contribution in [-0.4, -0.2) is 31.3 Å². The van der Waals surface area contributed by atoms with E-state index in [4.69, 9.17) is 22.7 Å². The van der Waals surface area contributed by atoms with Crippen LogP contribution in [0.5, 0.6) is 0 Å². The first-order valence-electron chi connectivity index (χ1n) is 5.82. The summed E-state index contributed by atoms with van der Waals surface area (Å²) in [5, 5.41) is 0. The summed E-state index contributed by atoms with van der Waals surface area (Å²) < 4.78 is 18.4. The van der Waals surface area contributed by atoms with E-state index in [0.29, 0.717) is 18.7 Å². The highest BCUT2D eigenvalue weighted by Crippen LogP contribution is 2.23. The Balaban J connectivity index is 3.14. The fourth-order valence-electron chi connectivity index (χ4n) is 1.80. The van der Waals surface area contributed by atoms with Crippen molar-refractivity contribution in [3.05, 3.63) is 29.6 Å². The molecule has 0 aliphatic heterocycles. The summed E-state index contributed by atoms with van der Waals surface area (Å²) in [6.45, 7) is 5.41. The van der Waals surface area contributed by atoms with Gasteiger partial charge in [-0.25, -0.2) is 4.39 Å². The zero-order valence-electron chi connectivity index (χ0n) is 10.9. The summed E-state index contributed by atoms with van der Waals surface area (Å²) in [7, 11) is 1.65. The summed E-state index contributed by atoms with van der Waals surface area (Å²) in [6.07, 6.45) is 0. The zero-order valence-corrected chi connectivity index (χ0v) is 11.8. The summed E-state index contributed by atoms with van der Waals surface area (Å²) in [6, 6.07) is 4.75. The highest BCUT2D eigenvalue weighted by molar-refractivity contribution is 7.80. The van der Waals surface area contributed by atoms with Gasteiger partial charge in [0.1, 0.15) is 10.8 Å². The van der Waals surface area contributed by atoms with Gasteiger partial charge in [-0.1, -0.05) is 12.2 Å². The molecule has 0 fully saturated rings. The van der Waals surface area contributed by atoms with Crippen LogP contribution in [0, 0.1) is 5.82 Å². The average Bonchev–Trinajstić information content (AvgIpc) is 2.30. The van der Waals surface area contributed by atoms with E-state index in [-0.39, 0.29) is 16.8 Å². The minimum Gasteiger partial charge on any atom is -0.389 e. The first kappa shape index (κ1) is 14.9. The van der Waals surface area contributed by atoms with Crippen LogP contribution in [0.2, 0.25) is 0 Å². The van der Waals surface area contributed by atoms with Crippen LogP contribution >= 0.6 is 12.2 Å². The Labute approximate surface area is 113 Å². The van der Waals surface area contributed by atoms with Crippen molar-refractivity contribution in [3.63, 3.8) is 0 Å². The van der Waals surface area contributed by atoms with Crippen molar-refractivity contribution >= 4 is 22.9 Å². The van der Waals surface area contributed by atoms with Crippen molar-refractivity contribution in [1.82, 2.24) is 0 Å². The predicted molar refractivity (Wildman–Crippen MR) is 76.6 cm³/mol. The standard InChI is InChI=1S/C13H19FN2OS/c1-9(2)16(6-7-17-3)12-5-4-10(14)8-11(12)13(15)18/h4-5,8-9H,6-7H2,1-3H3,(H2,15,18). The lowest BCUT2D eigenvalue weighted by Crippen LogP contribution is -2.35. The van der Waals surface area contributed by atoms with Gasteiger partial charge < -0.3 is 15.4 Å². The number of halogens is 1. The second-order valence-electron chi connectivity index (χ2n) is 4.31. The van der Waals surface area contributed by atoms with E-state index in [1.807, 2.05) is 0 Å². The number of hydrogen-bond acceptors (Lipinski definition) is 3. The molecular weight excluding hydrogens is 251 g/mol. The Hall–Kier alpha value is -1.20. The van der Waals surface area contributed by atoms with E-state index < -0.39 is 0 Å². The molecule has 0 unspecified atom stereocenters. The molecule has 0 bridgehead atoms. The molecule has 0 amide bonds. The number of nitrogens with two attached hydrogens (primary N) is 1. The normalized spacial score (nSPS) is 10.7. The number of nitrogens with zero attached hydrogens (tertiary/aromatic N) is 1. The molecule has 0 aliphatic rings. The molecule has 0 atom stereocenters. The van der Waals surface area contributed by atoms with E-state index in [9.17, 15) is 4.39 Å². The lowest BCUT2D eigenvalue weighted by molar-refractivity contribution is 0.204. The van der Waals surface area contributed by atoms with Crippen molar-refractivity contribution in [1.29, 1.82) is 0 Å². The number of ether oxygens (including phenoxy) is 1. The fourth-order valence-corrected chi connectivity index (χ4v) is 1.97. The van der Waals surface area contributed by atoms with Crippen LogP contribution in [0.1, 0.15) is 19.4 Å². The highest BCUT2D eigenvalue weighted by Gasteiger charge is 2.16.